The molecule has 3 heterocycles. The summed E-state index contributed by atoms with van der Waals surface area (Å²) < 4.78 is 3.20. The van der Waals surface area contributed by atoms with Gasteiger partial charge < -0.3 is 10.6 Å². The van der Waals surface area contributed by atoms with Crippen LogP contribution in [0, 0.1) is 0 Å². The van der Waals surface area contributed by atoms with Crippen LogP contribution in [-0.4, -0.2) is 50.6 Å². The number of hydrogen-bond acceptors (Lipinski definition) is 6. The fraction of sp³-hybridized carbons (Fsp3) is 0.667. The molecule has 3 rings (SSSR count). The van der Waals surface area contributed by atoms with Crippen LogP contribution in [-0.2, 0) is 13.0 Å². The molecule has 0 radical (unpaired) electrons. The van der Waals surface area contributed by atoms with Gasteiger partial charge in [0, 0.05) is 48.8 Å². The summed E-state index contributed by atoms with van der Waals surface area (Å²) in [6.07, 6.45) is 4.91. The van der Waals surface area contributed by atoms with Crippen molar-refractivity contribution in [2.24, 2.45) is 4.99 Å². The third-order valence-electron chi connectivity index (χ3n) is 4.28. The minimum absolute atomic E-state index is 0.335. The number of rotatable bonds is 8. The smallest absolute Gasteiger partial charge is 0.191 e. The quantitative estimate of drug-likeness (QED) is 0.303. The number of fused-ring (bicyclic) bond motifs is 1. The molecule has 27 heavy (non-hydrogen) atoms. The van der Waals surface area contributed by atoms with Crippen molar-refractivity contribution in [1.29, 1.82) is 0 Å². The summed E-state index contributed by atoms with van der Waals surface area (Å²) >= 11 is 3.50. The number of aliphatic imine (C=N–C) groups is 1. The van der Waals surface area contributed by atoms with E-state index in [2.05, 4.69) is 51.2 Å². The van der Waals surface area contributed by atoms with Gasteiger partial charge in [0.2, 0.25) is 0 Å². The number of thiazole rings is 1. The number of aromatic nitrogens is 4. The van der Waals surface area contributed by atoms with Crippen molar-refractivity contribution in [3.05, 3.63) is 23.2 Å². The van der Waals surface area contributed by atoms with Crippen LogP contribution < -0.4 is 10.6 Å². The van der Waals surface area contributed by atoms with Gasteiger partial charge in [-0.1, -0.05) is 25.6 Å². The average molecular weight is 408 g/mol. The standard InChI is InChI=1S/C18H29N7S2/c1-4-19-17(20-8-5-10-26-18-21-9-11-27-18)22-14-6-7-15-23-16(13(2)3)24-25(15)12-14/h9,11,13-14H,4-8,10,12H2,1-3H3,(H2,19,20,22). The number of guanidine groups is 1. The van der Waals surface area contributed by atoms with E-state index in [1.165, 1.54) is 0 Å². The van der Waals surface area contributed by atoms with Crippen molar-refractivity contribution in [3.8, 4) is 0 Å². The van der Waals surface area contributed by atoms with Gasteiger partial charge in [0.05, 0.1) is 6.54 Å². The first-order chi connectivity index (χ1) is 13.2. The summed E-state index contributed by atoms with van der Waals surface area (Å²) in [5.74, 6) is 4.37. The van der Waals surface area contributed by atoms with Crippen LogP contribution in [0.5, 0.6) is 0 Å². The molecule has 0 saturated carbocycles. The van der Waals surface area contributed by atoms with Gasteiger partial charge in [0.25, 0.3) is 0 Å². The molecular weight excluding hydrogens is 378 g/mol. The van der Waals surface area contributed by atoms with Crippen molar-refractivity contribution in [2.75, 3.05) is 18.8 Å². The lowest BCUT2D eigenvalue weighted by Gasteiger charge is -2.25. The fourth-order valence-electron chi connectivity index (χ4n) is 2.90. The molecular formula is C18H29N7S2. The van der Waals surface area contributed by atoms with Gasteiger partial charge in [-0.3, -0.25) is 4.99 Å². The number of thioether (sulfide) groups is 1. The van der Waals surface area contributed by atoms with Crippen LogP contribution >= 0.6 is 23.1 Å². The second-order valence-electron chi connectivity index (χ2n) is 6.86. The Morgan fingerprint density at radius 2 is 2.37 bits per heavy atom. The highest BCUT2D eigenvalue weighted by atomic mass is 32.2. The predicted octanol–water partition coefficient (Wildman–Crippen LogP) is 2.91. The molecule has 1 atom stereocenters. The van der Waals surface area contributed by atoms with E-state index < -0.39 is 0 Å². The lowest BCUT2D eigenvalue weighted by atomic mass is 10.1. The third kappa shape index (κ3) is 5.93. The minimum atomic E-state index is 0.335. The molecule has 2 aromatic rings. The van der Waals surface area contributed by atoms with E-state index in [1.807, 2.05) is 11.6 Å². The van der Waals surface area contributed by atoms with Gasteiger partial charge in [0.15, 0.2) is 11.8 Å². The SMILES string of the molecule is CCNC(=NCCCSc1nccs1)NC1CCc2nc(C(C)C)nn2C1. The molecule has 0 fully saturated rings. The highest BCUT2D eigenvalue weighted by Crippen LogP contribution is 2.20. The van der Waals surface area contributed by atoms with Gasteiger partial charge in [-0.25, -0.2) is 14.6 Å². The highest BCUT2D eigenvalue weighted by molar-refractivity contribution is 8.00. The normalized spacial score (nSPS) is 17.2. The highest BCUT2D eigenvalue weighted by Gasteiger charge is 2.23. The zero-order valence-electron chi connectivity index (χ0n) is 16.3. The summed E-state index contributed by atoms with van der Waals surface area (Å²) in [6.45, 7) is 8.89. The van der Waals surface area contributed by atoms with E-state index in [0.717, 1.165) is 66.6 Å². The van der Waals surface area contributed by atoms with Crippen molar-refractivity contribution in [1.82, 2.24) is 30.4 Å². The van der Waals surface area contributed by atoms with E-state index in [-0.39, 0.29) is 0 Å². The van der Waals surface area contributed by atoms with Crippen molar-refractivity contribution < 1.29 is 0 Å². The molecule has 0 amide bonds. The molecule has 1 aliphatic heterocycles. The molecule has 2 N–H and O–H groups in total. The summed E-state index contributed by atoms with van der Waals surface area (Å²) in [4.78, 5) is 13.7. The lowest BCUT2D eigenvalue weighted by Crippen LogP contribution is -2.47. The summed E-state index contributed by atoms with van der Waals surface area (Å²) in [6, 6.07) is 0.335. The van der Waals surface area contributed by atoms with Crippen LogP contribution in [0.15, 0.2) is 20.9 Å². The van der Waals surface area contributed by atoms with Gasteiger partial charge in [-0.15, -0.1) is 11.3 Å². The summed E-state index contributed by atoms with van der Waals surface area (Å²) in [7, 11) is 0. The van der Waals surface area contributed by atoms with Crippen molar-refractivity contribution >= 4 is 29.1 Å². The number of nitrogens with zero attached hydrogens (tertiary/aromatic N) is 5. The fourth-order valence-corrected chi connectivity index (χ4v) is 4.53. The van der Waals surface area contributed by atoms with E-state index in [4.69, 9.17) is 4.99 Å². The number of hydrogen-bond donors (Lipinski definition) is 2. The zero-order valence-corrected chi connectivity index (χ0v) is 17.9. The molecule has 1 unspecified atom stereocenters. The zero-order chi connectivity index (χ0) is 19.1. The maximum atomic E-state index is 4.73. The van der Waals surface area contributed by atoms with Gasteiger partial charge in [-0.2, -0.15) is 5.10 Å². The van der Waals surface area contributed by atoms with E-state index in [9.17, 15) is 0 Å². The van der Waals surface area contributed by atoms with E-state index >= 15 is 0 Å². The minimum Gasteiger partial charge on any atom is -0.357 e. The van der Waals surface area contributed by atoms with E-state index in [1.54, 1.807) is 23.1 Å². The Kier molecular flexibility index (Phi) is 7.51. The first kappa shape index (κ1) is 20.1. The van der Waals surface area contributed by atoms with Crippen LogP contribution in [0.1, 0.15) is 51.2 Å². The molecule has 0 aliphatic carbocycles. The molecule has 0 saturated heterocycles. The first-order valence-corrected chi connectivity index (χ1v) is 11.5. The Labute approximate surface area is 169 Å². The molecule has 0 bridgehead atoms. The van der Waals surface area contributed by atoms with Gasteiger partial charge in [-0.05, 0) is 19.8 Å². The Bertz CT molecular complexity index is 724. The lowest BCUT2D eigenvalue weighted by molar-refractivity contribution is 0.391. The molecule has 7 nitrogen and oxygen atoms in total. The molecule has 1 aliphatic rings. The van der Waals surface area contributed by atoms with Gasteiger partial charge in [0.1, 0.15) is 10.2 Å². The second-order valence-corrected chi connectivity index (χ2v) is 9.10. The van der Waals surface area contributed by atoms with Crippen LogP contribution in [0.2, 0.25) is 0 Å². The maximum Gasteiger partial charge on any atom is 0.191 e. The first-order valence-electron chi connectivity index (χ1n) is 9.66. The summed E-state index contributed by atoms with van der Waals surface area (Å²) in [5, 5.41) is 13.6. The molecule has 0 spiro atoms. The average Bonchev–Trinajstić information content (AvgIpc) is 3.30. The predicted molar refractivity (Wildman–Crippen MR) is 113 cm³/mol. The van der Waals surface area contributed by atoms with Crippen molar-refractivity contribution in [2.45, 2.75) is 62.9 Å². The molecule has 148 valence electrons. The summed E-state index contributed by atoms with van der Waals surface area (Å²) in [5.41, 5.74) is 0. The Balaban J connectivity index is 1.48. The van der Waals surface area contributed by atoms with Gasteiger partial charge >= 0.3 is 0 Å². The molecule has 2 aromatic heterocycles. The number of nitrogens with one attached hydrogen (secondary N) is 2. The van der Waals surface area contributed by atoms with E-state index in [0.29, 0.717) is 12.0 Å². The number of aryl methyl sites for hydroxylation is 1. The largest absolute Gasteiger partial charge is 0.357 e. The Hall–Kier alpha value is -1.61. The second kappa shape index (κ2) is 10.1. The van der Waals surface area contributed by atoms with Crippen LogP contribution in [0.25, 0.3) is 0 Å². The Morgan fingerprint density at radius 1 is 1.48 bits per heavy atom. The maximum absolute atomic E-state index is 4.73. The van der Waals surface area contributed by atoms with Crippen LogP contribution in [0.3, 0.4) is 0 Å². The Morgan fingerprint density at radius 3 is 3.11 bits per heavy atom. The third-order valence-corrected chi connectivity index (χ3v) is 6.34. The topological polar surface area (TPSA) is 80.0 Å². The monoisotopic (exact) mass is 407 g/mol. The molecule has 0 aromatic carbocycles. The van der Waals surface area contributed by atoms with Crippen molar-refractivity contribution in [3.63, 3.8) is 0 Å². The van der Waals surface area contributed by atoms with Crippen LogP contribution in [0.4, 0.5) is 0 Å². The molecule has 9 heteroatoms.